The van der Waals surface area contributed by atoms with Gasteiger partial charge in [0.25, 0.3) is 0 Å². The third kappa shape index (κ3) is 19.7. The van der Waals surface area contributed by atoms with Gasteiger partial charge in [0.1, 0.15) is 20.5 Å². The first-order chi connectivity index (χ1) is 43.6. The third-order valence-electron chi connectivity index (χ3n) is 12.8. The van der Waals surface area contributed by atoms with E-state index in [0.29, 0.717) is 0 Å². The zero-order chi connectivity index (χ0) is 63.5. The average molecular weight is 1430 g/mol. The van der Waals surface area contributed by atoms with E-state index in [9.17, 15) is 39.0 Å². The fourth-order valence-electron chi connectivity index (χ4n) is 8.48. The van der Waals surface area contributed by atoms with Crippen molar-refractivity contribution in [2.45, 2.75) is 14.9 Å². The fraction of sp³-hybridized carbons (Fsp3) is 0.0308. The predicted molar refractivity (Wildman–Crippen MR) is 349 cm³/mol. The molecule has 9 aromatic heterocycles. The number of rotatable bonds is 14. The molecular formula is C65H52B3N12O12Ru2. The van der Waals surface area contributed by atoms with Crippen LogP contribution in [-0.4, -0.2) is 132 Å². The minimum Gasteiger partial charge on any atom is -0.704 e. The zero-order valence-electron chi connectivity index (χ0n) is 47.4. The van der Waals surface area contributed by atoms with E-state index in [-0.39, 0.29) is 153 Å². The van der Waals surface area contributed by atoms with E-state index in [1.54, 1.807) is 12.4 Å². The number of carbonyl (C=O) groups is 6. The molecule has 0 spiro atoms. The van der Waals surface area contributed by atoms with Crippen molar-refractivity contribution in [2.75, 3.05) is 0 Å². The molecule has 29 heteroatoms. The van der Waals surface area contributed by atoms with E-state index < -0.39 is 35.8 Å². The Morgan fingerprint density at radius 1 is 0.298 bits per heavy atom. The van der Waals surface area contributed by atoms with Crippen LogP contribution in [0, 0.1) is 0 Å². The SMILES string of the molecule is C.C.C1=C[N-]B(c2cccc(-c3ccccn3)n2)C=C1.C1=C[N-]B(c2cccc(B3C=CC=C[N-]3)n2)C=C1.O=C(O)c1ccnc(-c2cc(C(=O)O)cc(-c3cc(C(=O)O)ccn3)n2)c1.O=C(O)c1ccnc(-c2cc(C(=O)O)cc(-c3cc(C(=O)O)ccn3)n2)c1.[Ru+2].[Ru+]. The molecule has 0 aliphatic carbocycles. The van der Waals surface area contributed by atoms with Crippen molar-refractivity contribution < 1.29 is 98.4 Å². The van der Waals surface area contributed by atoms with Crippen LogP contribution in [0.5, 0.6) is 0 Å². The second-order valence-corrected chi connectivity index (χ2v) is 18.9. The molecule has 0 aromatic carbocycles. The number of carboxylic acid groups (broad SMARTS) is 6. The molecule has 24 nitrogen and oxygen atoms in total. The Kier molecular flexibility index (Phi) is 27.4. The van der Waals surface area contributed by atoms with Gasteiger partial charge in [0.2, 0.25) is 0 Å². The molecule has 6 N–H and O–H groups in total. The largest absolute Gasteiger partial charge is 2.00 e. The number of pyridine rings is 9. The first-order valence-electron chi connectivity index (χ1n) is 26.8. The van der Waals surface area contributed by atoms with Crippen molar-refractivity contribution in [3.05, 3.63) is 280 Å². The van der Waals surface area contributed by atoms with Gasteiger partial charge in [0.15, 0.2) is 0 Å². The van der Waals surface area contributed by atoms with E-state index in [4.69, 9.17) is 20.4 Å². The molecule has 3 aliphatic rings. The van der Waals surface area contributed by atoms with Gasteiger partial charge in [-0.05, 0) is 108 Å². The summed E-state index contributed by atoms with van der Waals surface area (Å²) in [6.45, 7) is 0.0646. The van der Waals surface area contributed by atoms with Gasteiger partial charge in [-0.2, -0.15) is 18.6 Å². The Morgan fingerprint density at radius 3 is 0.872 bits per heavy atom. The van der Waals surface area contributed by atoms with Crippen molar-refractivity contribution in [1.29, 1.82) is 0 Å². The van der Waals surface area contributed by atoms with E-state index in [2.05, 4.69) is 60.5 Å². The number of aromatic carboxylic acids is 6. The first kappa shape index (κ1) is 73.2. The Morgan fingerprint density at radius 2 is 0.585 bits per heavy atom. The Hall–Kier alpha value is -11.5. The molecule has 94 heavy (non-hydrogen) atoms. The Bertz CT molecular complexity index is 4040. The van der Waals surface area contributed by atoms with E-state index >= 15 is 0 Å². The molecule has 1 radical (unpaired) electrons. The van der Waals surface area contributed by atoms with Crippen LogP contribution >= 0.6 is 0 Å². The number of nitrogens with zero attached hydrogens (tertiary/aromatic N) is 12. The van der Waals surface area contributed by atoms with Gasteiger partial charge in [0, 0.05) is 31.0 Å². The molecule has 469 valence electrons. The van der Waals surface area contributed by atoms with Crippen LogP contribution in [0.3, 0.4) is 0 Å². The Balaban J connectivity index is 0.000000227. The molecule has 0 bridgehead atoms. The molecule has 0 saturated heterocycles. The van der Waals surface area contributed by atoms with Crippen molar-refractivity contribution in [1.82, 2.24) is 44.9 Å². The maximum atomic E-state index is 11.5. The summed E-state index contributed by atoms with van der Waals surface area (Å²) in [5.74, 6) is -1.00. The molecule has 12 heterocycles. The monoisotopic (exact) mass is 1430 g/mol. The standard InChI is InChI=1S/2C18H11N3O6.C14H11BN3.C13H11B2N3.2CH4.2Ru/c2*22-16(23)9-1-3-19-12(5-9)14-7-11(18(26)27)8-15(21-14)13-6-10(17(24)25)2-4-20-13;1-3-10-16-12(6-1)13-7-5-8-14(18-13)15-9-2-4-11-17-15;1-3-10-16-14(8-1)12-6-5-7-13(18-12)15-9-2-4-11-17-15;;;;/h2*1-8H,(H,22,23)(H,24,25)(H,26,27);2*1-11H;2*1H4;;/q;;-1;-2;;;+1;+2. The van der Waals surface area contributed by atoms with Gasteiger partial charge in [-0.1, -0.05) is 87.7 Å². The molecule has 0 atom stereocenters. The van der Waals surface area contributed by atoms with Crippen LogP contribution in [0.1, 0.15) is 77.0 Å². The van der Waals surface area contributed by atoms with Gasteiger partial charge in [-0.15, -0.1) is 17.9 Å². The maximum absolute atomic E-state index is 11.5. The van der Waals surface area contributed by atoms with Crippen LogP contribution in [-0.2, 0) is 39.0 Å². The summed E-state index contributed by atoms with van der Waals surface area (Å²) in [6, 6.07) is 33.0. The van der Waals surface area contributed by atoms with Crippen LogP contribution in [0.25, 0.3) is 72.6 Å². The number of hydrogen-bond acceptors (Lipinski definition) is 15. The average Bonchev–Trinajstić information content (AvgIpc) is 0.880. The number of allylic oxidation sites excluding steroid dienone is 6. The first-order valence-corrected chi connectivity index (χ1v) is 26.8. The maximum Gasteiger partial charge on any atom is 2.00 e. The zero-order valence-corrected chi connectivity index (χ0v) is 50.9. The predicted octanol–water partition coefficient (Wildman–Crippen LogP) is 9.68. The quantitative estimate of drug-likeness (QED) is 0.0551. The van der Waals surface area contributed by atoms with Gasteiger partial charge in [-0.25, -0.2) is 38.7 Å². The van der Waals surface area contributed by atoms with Gasteiger partial charge in [0.05, 0.1) is 90.3 Å². The summed E-state index contributed by atoms with van der Waals surface area (Å²) < 4.78 is 0. The minimum absolute atomic E-state index is 0. The summed E-state index contributed by atoms with van der Waals surface area (Å²) in [5.41, 5.74) is 5.38. The van der Waals surface area contributed by atoms with Crippen molar-refractivity contribution in [2.24, 2.45) is 0 Å². The van der Waals surface area contributed by atoms with Crippen LogP contribution in [0.15, 0.2) is 231 Å². The summed E-state index contributed by atoms with van der Waals surface area (Å²) in [5, 5.41) is 68.3. The van der Waals surface area contributed by atoms with Gasteiger partial charge in [-0.3, -0.25) is 34.9 Å². The number of hydrogen-bond donors (Lipinski definition) is 6. The smallest absolute Gasteiger partial charge is 0.704 e. The summed E-state index contributed by atoms with van der Waals surface area (Å²) in [4.78, 5) is 106. The van der Waals surface area contributed by atoms with Crippen molar-refractivity contribution >= 4 is 73.1 Å². The van der Waals surface area contributed by atoms with Gasteiger partial charge < -0.3 is 46.3 Å². The second-order valence-electron chi connectivity index (χ2n) is 18.9. The van der Waals surface area contributed by atoms with Gasteiger partial charge >= 0.3 is 74.8 Å². The minimum atomic E-state index is -1.23. The van der Waals surface area contributed by atoms with E-state index in [1.165, 1.54) is 97.6 Å². The van der Waals surface area contributed by atoms with Crippen molar-refractivity contribution in [3.8, 4) is 56.9 Å². The van der Waals surface area contributed by atoms with Crippen LogP contribution < -0.4 is 16.8 Å². The molecule has 9 aromatic rings. The van der Waals surface area contributed by atoms with Crippen LogP contribution in [0.2, 0.25) is 0 Å². The molecule has 0 amide bonds. The summed E-state index contributed by atoms with van der Waals surface area (Å²) in [7, 11) is 0. The normalized spacial score (nSPS) is 11.7. The van der Waals surface area contributed by atoms with E-state index in [0.717, 1.165) is 28.2 Å². The second kappa shape index (κ2) is 35.2. The molecule has 0 saturated carbocycles. The van der Waals surface area contributed by atoms with Crippen molar-refractivity contribution in [3.63, 3.8) is 0 Å². The molecule has 12 rings (SSSR count). The Labute approximate surface area is 565 Å². The molecule has 0 fully saturated rings. The number of carboxylic acids is 6. The third-order valence-corrected chi connectivity index (χ3v) is 12.8. The molecule has 0 unspecified atom stereocenters. The summed E-state index contributed by atoms with van der Waals surface area (Å²) >= 11 is 0. The topological polar surface area (TPSA) is 382 Å². The fourth-order valence-corrected chi connectivity index (χ4v) is 8.48. The molecular weight excluding hydrogens is 1380 g/mol. The molecule has 3 aliphatic heterocycles. The van der Waals surface area contributed by atoms with E-state index in [1.807, 2.05) is 121 Å². The van der Waals surface area contributed by atoms with Crippen LogP contribution in [0.4, 0.5) is 0 Å². The number of aromatic nitrogens is 9. The summed E-state index contributed by atoms with van der Waals surface area (Å²) in [6.07, 6.45) is 24.1.